The van der Waals surface area contributed by atoms with Gasteiger partial charge in [-0.15, -0.1) is 0 Å². The molecule has 0 fully saturated rings. The van der Waals surface area contributed by atoms with Gasteiger partial charge in [-0.3, -0.25) is 9.69 Å². The molecule has 1 unspecified atom stereocenters. The lowest BCUT2D eigenvalue weighted by atomic mass is 9.93. The lowest BCUT2D eigenvalue weighted by Gasteiger charge is -2.34. The molecular weight excluding hydrogens is 212 g/mol. The van der Waals surface area contributed by atoms with Crippen LogP contribution in [-0.2, 0) is 17.6 Å². The highest BCUT2D eigenvalue weighted by Gasteiger charge is 2.32. The van der Waals surface area contributed by atoms with Crippen LogP contribution in [0.25, 0.3) is 0 Å². The standard InChI is InChI=1S/C14H18N2O/c15-13(17)7-9-16-8-6-11-3-1-2-10-4-5-12(16)14(10)11/h1-3,12H,4-9H2,(H2,15,17). The van der Waals surface area contributed by atoms with E-state index in [1.54, 1.807) is 5.56 Å². The number of amides is 1. The third-order valence-electron chi connectivity index (χ3n) is 4.06. The minimum Gasteiger partial charge on any atom is -0.370 e. The Morgan fingerprint density at radius 1 is 1.35 bits per heavy atom. The van der Waals surface area contributed by atoms with Crippen molar-refractivity contribution in [1.82, 2.24) is 4.90 Å². The normalized spacial score (nSPS) is 22.5. The Morgan fingerprint density at radius 3 is 2.88 bits per heavy atom. The molecule has 1 aliphatic carbocycles. The van der Waals surface area contributed by atoms with E-state index in [0.29, 0.717) is 12.5 Å². The molecule has 0 bridgehead atoms. The maximum Gasteiger partial charge on any atom is 0.218 e. The summed E-state index contributed by atoms with van der Waals surface area (Å²) in [7, 11) is 0. The van der Waals surface area contributed by atoms with E-state index in [1.807, 2.05) is 0 Å². The summed E-state index contributed by atoms with van der Waals surface area (Å²) >= 11 is 0. The number of benzene rings is 1. The van der Waals surface area contributed by atoms with E-state index >= 15 is 0 Å². The predicted octanol–water partition coefficient (Wildman–Crippen LogP) is 1.41. The van der Waals surface area contributed by atoms with Crippen LogP contribution < -0.4 is 5.73 Å². The fourth-order valence-electron chi connectivity index (χ4n) is 3.27. The molecule has 1 aromatic carbocycles. The topological polar surface area (TPSA) is 46.3 Å². The average Bonchev–Trinajstić information content (AvgIpc) is 2.75. The van der Waals surface area contributed by atoms with Gasteiger partial charge in [-0.1, -0.05) is 18.2 Å². The molecule has 1 aliphatic heterocycles. The highest BCUT2D eigenvalue weighted by molar-refractivity contribution is 5.73. The molecule has 3 rings (SSSR count). The van der Waals surface area contributed by atoms with E-state index < -0.39 is 0 Å². The highest BCUT2D eigenvalue weighted by atomic mass is 16.1. The number of primary amides is 1. The molecule has 2 aliphatic rings. The van der Waals surface area contributed by atoms with E-state index in [1.165, 1.54) is 24.0 Å². The van der Waals surface area contributed by atoms with Crippen LogP contribution in [0.2, 0.25) is 0 Å². The van der Waals surface area contributed by atoms with Crippen molar-refractivity contribution >= 4 is 5.91 Å². The van der Waals surface area contributed by atoms with Crippen molar-refractivity contribution in [2.45, 2.75) is 31.7 Å². The van der Waals surface area contributed by atoms with E-state index in [0.717, 1.165) is 19.5 Å². The van der Waals surface area contributed by atoms with Gasteiger partial charge in [0.25, 0.3) is 0 Å². The van der Waals surface area contributed by atoms with Gasteiger partial charge in [0.05, 0.1) is 0 Å². The number of aryl methyl sites for hydroxylation is 1. The third-order valence-corrected chi connectivity index (χ3v) is 4.06. The molecule has 0 aromatic heterocycles. The number of nitrogens with two attached hydrogens (primary N) is 1. The Balaban J connectivity index is 1.84. The molecule has 90 valence electrons. The molecule has 0 radical (unpaired) electrons. The molecule has 3 nitrogen and oxygen atoms in total. The molecule has 0 spiro atoms. The van der Waals surface area contributed by atoms with E-state index in [2.05, 4.69) is 23.1 Å². The van der Waals surface area contributed by atoms with E-state index in [-0.39, 0.29) is 5.91 Å². The van der Waals surface area contributed by atoms with Crippen LogP contribution in [0.1, 0.15) is 35.6 Å². The van der Waals surface area contributed by atoms with E-state index in [4.69, 9.17) is 5.73 Å². The highest BCUT2D eigenvalue weighted by Crippen LogP contribution is 2.40. The Bertz CT molecular complexity index is 456. The molecule has 1 heterocycles. The zero-order chi connectivity index (χ0) is 11.8. The van der Waals surface area contributed by atoms with Gasteiger partial charge in [-0.05, 0) is 36.0 Å². The van der Waals surface area contributed by atoms with Crippen molar-refractivity contribution in [2.24, 2.45) is 5.73 Å². The Kier molecular flexibility index (Phi) is 2.63. The molecule has 1 atom stereocenters. The number of nitrogens with zero attached hydrogens (tertiary/aromatic N) is 1. The third kappa shape index (κ3) is 1.84. The number of hydrogen-bond donors (Lipinski definition) is 1. The van der Waals surface area contributed by atoms with Crippen LogP contribution in [0.3, 0.4) is 0 Å². The summed E-state index contributed by atoms with van der Waals surface area (Å²) in [5.74, 6) is -0.193. The summed E-state index contributed by atoms with van der Waals surface area (Å²) in [4.78, 5) is 13.3. The van der Waals surface area contributed by atoms with Gasteiger partial charge in [-0.2, -0.15) is 0 Å². The lowest BCUT2D eigenvalue weighted by Crippen LogP contribution is -2.36. The maximum atomic E-state index is 10.9. The largest absolute Gasteiger partial charge is 0.370 e. The first-order chi connectivity index (χ1) is 8.25. The van der Waals surface area contributed by atoms with Gasteiger partial charge in [0.2, 0.25) is 5.91 Å². The van der Waals surface area contributed by atoms with Crippen molar-refractivity contribution in [1.29, 1.82) is 0 Å². The van der Waals surface area contributed by atoms with Crippen LogP contribution in [0.15, 0.2) is 18.2 Å². The van der Waals surface area contributed by atoms with Crippen molar-refractivity contribution in [3.8, 4) is 0 Å². The van der Waals surface area contributed by atoms with Gasteiger partial charge in [-0.25, -0.2) is 0 Å². The summed E-state index contributed by atoms with van der Waals surface area (Å²) in [6.45, 7) is 1.88. The smallest absolute Gasteiger partial charge is 0.218 e. The quantitative estimate of drug-likeness (QED) is 0.853. The van der Waals surface area contributed by atoms with Crippen LogP contribution in [0, 0.1) is 0 Å². The summed E-state index contributed by atoms with van der Waals surface area (Å²) in [5.41, 5.74) is 9.81. The van der Waals surface area contributed by atoms with Gasteiger partial charge in [0.1, 0.15) is 0 Å². The number of carbonyl (C=O) groups excluding carboxylic acids is 1. The first kappa shape index (κ1) is 10.8. The molecule has 0 saturated carbocycles. The molecule has 2 N–H and O–H groups in total. The second-order valence-corrected chi connectivity index (χ2v) is 5.05. The molecule has 3 heteroatoms. The fourth-order valence-corrected chi connectivity index (χ4v) is 3.27. The SMILES string of the molecule is NC(=O)CCN1CCc2cccc3c2C1CC3. The zero-order valence-electron chi connectivity index (χ0n) is 9.98. The van der Waals surface area contributed by atoms with Crippen LogP contribution >= 0.6 is 0 Å². The van der Waals surface area contributed by atoms with E-state index in [9.17, 15) is 4.79 Å². The van der Waals surface area contributed by atoms with Crippen molar-refractivity contribution in [3.63, 3.8) is 0 Å². The number of hydrogen-bond acceptors (Lipinski definition) is 2. The Morgan fingerprint density at radius 2 is 2.12 bits per heavy atom. The predicted molar refractivity (Wildman–Crippen MR) is 66.6 cm³/mol. The number of rotatable bonds is 3. The summed E-state index contributed by atoms with van der Waals surface area (Å²) in [5, 5.41) is 0. The molecule has 1 aromatic rings. The minimum atomic E-state index is -0.193. The fraction of sp³-hybridized carbons (Fsp3) is 0.500. The lowest BCUT2D eigenvalue weighted by molar-refractivity contribution is -0.118. The van der Waals surface area contributed by atoms with Gasteiger partial charge in [0.15, 0.2) is 0 Å². The Labute approximate surface area is 102 Å². The van der Waals surface area contributed by atoms with Crippen LogP contribution in [0.5, 0.6) is 0 Å². The summed E-state index contributed by atoms with van der Waals surface area (Å²) in [6.07, 6.45) is 3.97. The molecule has 17 heavy (non-hydrogen) atoms. The Hall–Kier alpha value is -1.35. The molecule has 1 amide bonds. The second-order valence-electron chi connectivity index (χ2n) is 5.05. The second kappa shape index (κ2) is 4.15. The first-order valence-corrected chi connectivity index (χ1v) is 6.39. The van der Waals surface area contributed by atoms with Crippen LogP contribution in [-0.4, -0.2) is 23.9 Å². The zero-order valence-corrected chi connectivity index (χ0v) is 9.98. The average molecular weight is 230 g/mol. The summed E-state index contributed by atoms with van der Waals surface area (Å²) < 4.78 is 0. The number of carbonyl (C=O) groups is 1. The first-order valence-electron chi connectivity index (χ1n) is 6.39. The van der Waals surface area contributed by atoms with Gasteiger partial charge >= 0.3 is 0 Å². The van der Waals surface area contributed by atoms with Crippen molar-refractivity contribution < 1.29 is 4.79 Å². The van der Waals surface area contributed by atoms with Crippen LogP contribution in [0.4, 0.5) is 0 Å². The molecular formula is C14H18N2O. The minimum absolute atomic E-state index is 0.193. The maximum absolute atomic E-state index is 10.9. The monoisotopic (exact) mass is 230 g/mol. The van der Waals surface area contributed by atoms with Crippen molar-refractivity contribution in [2.75, 3.05) is 13.1 Å². The summed E-state index contributed by atoms with van der Waals surface area (Å²) in [6, 6.07) is 7.21. The van der Waals surface area contributed by atoms with Gasteiger partial charge in [0, 0.05) is 25.6 Å². The molecule has 0 saturated heterocycles. The van der Waals surface area contributed by atoms with Gasteiger partial charge < -0.3 is 5.73 Å². The van der Waals surface area contributed by atoms with Crippen molar-refractivity contribution in [3.05, 3.63) is 34.9 Å².